The standard InChI is InChI=1S/C7H8.2CHNO.Na.H2O.H/c1-7-5-3-2-4-6-7;2*2-1-3;;;/h2-6H,1H3;2*2H;;1H2;/q;;;+1;;-1. The van der Waals surface area contributed by atoms with Gasteiger partial charge in [0, 0.05) is 0 Å². The van der Waals surface area contributed by atoms with Crippen molar-refractivity contribution in [2.75, 3.05) is 0 Å². The summed E-state index contributed by atoms with van der Waals surface area (Å²) < 4.78 is 0. The van der Waals surface area contributed by atoms with E-state index >= 15 is 0 Å². The van der Waals surface area contributed by atoms with E-state index in [1.165, 1.54) is 5.56 Å². The van der Waals surface area contributed by atoms with Crippen LogP contribution in [0, 0.1) is 17.7 Å². The first-order valence-electron chi connectivity index (χ1n) is 3.32. The van der Waals surface area contributed by atoms with E-state index in [4.69, 9.17) is 20.4 Å². The summed E-state index contributed by atoms with van der Waals surface area (Å²) in [6.45, 7) is 2.08. The van der Waals surface area contributed by atoms with Crippen molar-refractivity contribution >= 4 is 12.2 Å². The van der Waals surface area contributed by atoms with E-state index in [1.54, 1.807) is 0 Å². The Morgan fingerprint density at radius 1 is 1.07 bits per heavy atom. The Morgan fingerprint density at radius 3 is 1.47 bits per heavy atom. The topological polar surface area (TPSA) is 113 Å². The first-order valence-corrected chi connectivity index (χ1v) is 3.32. The molecule has 0 amide bonds. The van der Waals surface area contributed by atoms with E-state index in [1.807, 2.05) is 18.2 Å². The van der Waals surface area contributed by atoms with Gasteiger partial charge in [-0.2, -0.15) is 0 Å². The summed E-state index contributed by atoms with van der Waals surface area (Å²) in [4.78, 5) is 16.7. The quantitative estimate of drug-likeness (QED) is 0.302. The van der Waals surface area contributed by atoms with Gasteiger partial charge in [0.15, 0.2) is 0 Å². The molecule has 0 aliphatic rings. The number of rotatable bonds is 0. The Hall–Kier alpha value is -1.06. The molecule has 0 heterocycles. The molecule has 15 heavy (non-hydrogen) atoms. The second-order valence-electron chi connectivity index (χ2n) is 1.86. The van der Waals surface area contributed by atoms with Gasteiger partial charge in [-0.3, -0.25) is 0 Å². The fraction of sp³-hybridized carbons (Fsp3) is 0.111. The summed E-state index contributed by atoms with van der Waals surface area (Å²) in [5.41, 5.74) is 1.32. The van der Waals surface area contributed by atoms with Crippen molar-refractivity contribution in [3.63, 3.8) is 0 Å². The maximum Gasteiger partial charge on any atom is 1.00 e. The Labute approximate surface area is 112 Å². The summed E-state index contributed by atoms with van der Waals surface area (Å²) in [6.07, 6.45) is 1.50. The smallest absolute Gasteiger partial charge is 1.00 e. The van der Waals surface area contributed by atoms with Gasteiger partial charge in [-0.05, 0) is 6.92 Å². The second kappa shape index (κ2) is 23.1. The fourth-order valence-electron chi connectivity index (χ4n) is 0.534. The zero-order valence-corrected chi connectivity index (χ0v) is 10.7. The normalized spacial score (nSPS) is 5.13. The van der Waals surface area contributed by atoms with Crippen LogP contribution in [0.15, 0.2) is 30.3 Å². The molecule has 1 rings (SSSR count). The molecule has 0 aromatic heterocycles. The summed E-state index contributed by atoms with van der Waals surface area (Å²) in [6, 6.07) is 10.3. The van der Waals surface area contributed by atoms with Crippen LogP contribution in [0.2, 0.25) is 0 Å². The van der Waals surface area contributed by atoms with Crippen LogP contribution in [-0.2, 0) is 9.59 Å². The molecule has 0 fully saturated rings. The van der Waals surface area contributed by atoms with Gasteiger partial charge < -0.3 is 6.90 Å². The first-order chi connectivity index (χ1) is 6.22. The monoisotopic (exact) mass is 220 g/mol. The molecular weight excluding hydrogens is 207 g/mol. The molecule has 4 N–H and O–H groups in total. The molecule has 0 aliphatic carbocycles. The average molecular weight is 220 g/mol. The Kier molecular flexibility index (Phi) is 36.4. The van der Waals surface area contributed by atoms with Crippen molar-refractivity contribution in [2.24, 2.45) is 0 Å². The number of carbonyl (C=O) groups excluding carboxylic acids is 2. The van der Waals surface area contributed by atoms with Crippen molar-refractivity contribution in [1.29, 1.82) is 10.8 Å². The van der Waals surface area contributed by atoms with E-state index in [0.717, 1.165) is 12.2 Å². The van der Waals surface area contributed by atoms with Gasteiger partial charge in [-0.25, -0.2) is 20.4 Å². The average Bonchev–Trinajstić information content (AvgIpc) is 2.08. The van der Waals surface area contributed by atoms with Gasteiger partial charge >= 0.3 is 29.6 Å². The predicted octanol–water partition coefficient (Wildman–Crippen LogP) is -1.91. The van der Waals surface area contributed by atoms with E-state index in [9.17, 15) is 0 Å². The third-order valence-electron chi connectivity index (χ3n) is 0.940. The molecule has 0 saturated heterocycles. The summed E-state index contributed by atoms with van der Waals surface area (Å²) >= 11 is 0. The van der Waals surface area contributed by atoms with Gasteiger partial charge in [-0.1, -0.05) is 35.9 Å². The van der Waals surface area contributed by atoms with E-state index in [2.05, 4.69) is 19.1 Å². The largest absolute Gasteiger partial charge is 1.00 e. The number of hydrogen-bond donors (Lipinski definition) is 2. The minimum Gasteiger partial charge on any atom is -1.00 e. The maximum atomic E-state index is 8.35. The van der Waals surface area contributed by atoms with Gasteiger partial charge in [0.05, 0.1) is 0 Å². The van der Waals surface area contributed by atoms with Crippen LogP contribution < -0.4 is 29.6 Å². The van der Waals surface area contributed by atoms with Crippen LogP contribution >= 0.6 is 0 Å². The van der Waals surface area contributed by atoms with Crippen molar-refractivity contribution in [2.45, 2.75) is 6.92 Å². The third-order valence-corrected chi connectivity index (χ3v) is 0.940. The maximum absolute atomic E-state index is 8.35. The van der Waals surface area contributed by atoms with Crippen LogP contribution in [0.25, 0.3) is 0 Å². The Morgan fingerprint density at radius 2 is 1.33 bits per heavy atom. The van der Waals surface area contributed by atoms with Crippen LogP contribution in [-0.4, -0.2) is 17.6 Å². The van der Waals surface area contributed by atoms with E-state index in [0.29, 0.717) is 0 Å². The van der Waals surface area contributed by atoms with Crippen LogP contribution in [0.4, 0.5) is 0 Å². The molecule has 0 spiro atoms. The molecule has 5 nitrogen and oxygen atoms in total. The van der Waals surface area contributed by atoms with Gasteiger partial charge in [0.2, 0.25) is 12.2 Å². The number of isocyanates is 2. The fourth-order valence-corrected chi connectivity index (χ4v) is 0.534. The SMILES string of the molecule is Cc1ccccc1.N=C=O.N=C=O.O.[H-].[Na+]. The molecular formula is C9H13N2NaO3. The van der Waals surface area contributed by atoms with Crippen molar-refractivity contribution < 1.29 is 46.0 Å². The molecule has 0 atom stereocenters. The van der Waals surface area contributed by atoms with Gasteiger partial charge in [-0.15, -0.1) is 0 Å². The molecule has 6 heteroatoms. The summed E-state index contributed by atoms with van der Waals surface area (Å²) in [5, 5.41) is 10.8. The number of benzene rings is 1. The number of hydrogen-bond acceptors (Lipinski definition) is 4. The van der Waals surface area contributed by atoms with Crippen molar-refractivity contribution in [3.8, 4) is 0 Å². The Bertz CT molecular complexity index is 272. The minimum absolute atomic E-state index is 0. The molecule has 1 aromatic carbocycles. The number of aryl methyl sites for hydroxylation is 1. The molecule has 0 unspecified atom stereocenters. The molecule has 78 valence electrons. The van der Waals surface area contributed by atoms with E-state index in [-0.39, 0.29) is 36.5 Å². The zero-order chi connectivity index (χ0) is 10.5. The van der Waals surface area contributed by atoms with Gasteiger partial charge in [0.1, 0.15) is 0 Å². The predicted molar refractivity (Wildman–Crippen MR) is 52.7 cm³/mol. The first kappa shape index (κ1) is 23.6. The molecule has 0 bridgehead atoms. The number of nitrogens with one attached hydrogen (secondary N) is 2. The van der Waals surface area contributed by atoms with Crippen LogP contribution in [0.3, 0.4) is 0 Å². The molecule has 1 aromatic rings. The van der Waals surface area contributed by atoms with Crippen LogP contribution in [0.1, 0.15) is 6.99 Å². The zero-order valence-electron chi connectivity index (χ0n) is 9.70. The summed E-state index contributed by atoms with van der Waals surface area (Å²) in [5.74, 6) is 0. The third kappa shape index (κ3) is 32.2. The van der Waals surface area contributed by atoms with Crippen molar-refractivity contribution in [3.05, 3.63) is 35.9 Å². The Balaban J connectivity index is -0.0000000398. The molecule has 0 saturated carbocycles. The molecule has 0 aliphatic heterocycles. The van der Waals surface area contributed by atoms with E-state index < -0.39 is 0 Å². The minimum atomic E-state index is 0. The molecule has 0 radical (unpaired) electrons. The van der Waals surface area contributed by atoms with Gasteiger partial charge in [0.25, 0.3) is 0 Å². The second-order valence-corrected chi connectivity index (χ2v) is 1.86. The summed E-state index contributed by atoms with van der Waals surface area (Å²) in [7, 11) is 0. The van der Waals surface area contributed by atoms with Crippen molar-refractivity contribution in [1.82, 2.24) is 0 Å². The van der Waals surface area contributed by atoms with Crippen LogP contribution in [0.5, 0.6) is 0 Å².